The highest BCUT2D eigenvalue weighted by Gasteiger charge is 2.20. The summed E-state index contributed by atoms with van der Waals surface area (Å²) in [5.41, 5.74) is 4.89. The minimum absolute atomic E-state index is 0.939. The third kappa shape index (κ3) is 11.2. The van der Waals surface area contributed by atoms with Gasteiger partial charge in [0.05, 0.1) is 0 Å². The van der Waals surface area contributed by atoms with Crippen molar-refractivity contribution < 1.29 is 0 Å². The molecule has 0 aromatic heterocycles. The Kier molecular flexibility index (Phi) is 13.6. The molecule has 0 aliphatic heterocycles. The molecule has 0 spiro atoms. The van der Waals surface area contributed by atoms with Crippen molar-refractivity contribution in [2.24, 2.45) is 11.8 Å². The zero-order valence-corrected chi connectivity index (χ0v) is 23.2. The summed E-state index contributed by atoms with van der Waals surface area (Å²) in [4.78, 5) is 0. The first-order valence-corrected chi connectivity index (χ1v) is 15.1. The number of aryl methyl sites for hydroxylation is 1. The molecule has 0 amide bonds. The minimum atomic E-state index is 0.939. The smallest absolute Gasteiger partial charge is 0.0249 e. The second kappa shape index (κ2) is 17.2. The molecule has 0 heterocycles. The predicted molar refractivity (Wildman–Crippen MR) is 159 cm³/mol. The third-order valence-corrected chi connectivity index (χ3v) is 8.04. The van der Waals surface area contributed by atoms with Crippen LogP contribution >= 0.6 is 0 Å². The van der Waals surface area contributed by atoms with Crippen LogP contribution in [0.1, 0.15) is 132 Å². The Bertz CT molecular complexity index is 911. The third-order valence-electron chi connectivity index (χ3n) is 8.04. The Labute approximate surface area is 223 Å². The van der Waals surface area contributed by atoms with Crippen LogP contribution in [0.2, 0.25) is 0 Å². The van der Waals surface area contributed by atoms with E-state index in [1.54, 1.807) is 0 Å². The van der Waals surface area contributed by atoms with Gasteiger partial charge in [-0.3, -0.25) is 0 Å². The van der Waals surface area contributed by atoms with Crippen molar-refractivity contribution in [3.8, 4) is 11.8 Å². The first-order chi connectivity index (χ1) is 17.8. The second-order valence-corrected chi connectivity index (χ2v) is 11.1. The van der Waals surface area contributed by atoms with E-state index < -0.39 is 0 Å². The SMILES string of the molecule is CC/C=C/c1ccc(C#Cc2ccc(CCC3CCC(CCCCCCCCCC)CC3)cc2)cc1. The lowest BCUT2D eigenvalue weighted by Gasteiger charge is -2.28. The Morgan fingerprint density at radius 1 is 0.639 bits per heavy atom. The highest BCUT2D eigenvalue weighted by atomic mass is 14.3. The van der Waals surface area contributed by atoms with Crippen LogP contribution in [0.3, 0.4) is 0 Å². The van der Waals surface area contributed by atoms with E-state index in [9.17, 15) is 0 Å². The predicted octanol–water partition coefficient (Wildman–Crippen LogP) is 10.8. The summed E-state index contributed by atoms with van der Waals surface area (Å²) in [5.74, 6) is 8.59. The van der Waals surface area contributed by atoms with Crippen molar-refractivity contribution >= 4 is 6.08 Å². The molecule has 0 saturated heterocycles. The van der Waals surface area contributed by atoms with E-state index in [4.69, 9.17) is 0 Å². The second-order valence-electron chi connectivity index (χ2n) is 11.1. The first kappa shape index (κ1) is 28.3. The van der Waals surface area contributed by atoms with Gasteiger partial charge in [-0.05, 0) is 66.5 Å². The summed E-state index contributed by atoms with van der Waals surface area (Å²) in [6.07, 6.45) is 26.9. The number of allylic oxidation sites excluding steroid dienone is 1. The number of unbranched alkanes of at least 4 members (excludes halogenated alkanes) is 7. The zero-order valence-electron chi connectivity index (χ0n) is 23.2. The van der Waals surface area contributed by atoms with Crippen molar-refractivity contribution in [2.75, 3.05) is 0 Å². The molecule has 1 fully saturated rings. The lowest BCUT2D eigenvalue weighted by molar-refractivity contribution is 0.248. The number of benzene rings is 2. The normalized spacial score (nSPS) is 17.7. The Hall–Kier alpha value is -2.26. The summed E-state index contributed by atoms with van der Waals surface area (Å²) in [7, 11) is 0. The van der Waals surface area contributed by atoms with Crippen LogP contribution in [0.5, 0.6) is 0 Å². The van der Waals surface area contributed by atoms with Crippen molar-refractivity contribution in [1.29, 1.82) is 0 Å². The van der Waals surface area contributed by atoms with Crippen molar-refractivity contribution in [1.82, 2.24) is 0 Å². The van der Waals surface area contributed by atoms with Gasteiger partial charge < -0.3 is 0 Å². The van der Waals surface area contributed by atoms with E-state index in [-0.39, 0.29) is 0 Å². The molecule has 2 aromatic carbocycles. The molecule has 0 unspecified atom stereocenters. The maximum absolute atomic E-state index is 3.33. The molecule has 0 atom stereocenters. The lowest BCUT2D eigenvalue weighted by Crippen LogP contribution is -2.15. The molecule has 3 rings (SSSR count). The summed E-state index contributed by atoms with van der Waals surface area (Å²) in [6.45, 7) is 4.46. The van der Waals surface area contributed by atoms with Gasteiger partial charge in [0, 0.05) is 11.1 Å². The van der Waals surface area contributed by atoms with Crippen molar-refractivity contribution in [3.05, 3.63) is 76.9 Å². The summed E-state index contributed by atoms with van der Waals surface area (Å²) < 4.78 is 0. The molecule has 1 saturated carbocycles. The molecule has 2 aromatic rings. The van der Waals surface area contributed by atoms with Crippen LogP contribution < -0.4 is 0 Å². The number of rotatable bonds is 14. The van der Waals surface area contributed by atoms with Crippen LogP contribution in [0.25, 0.3) is 6.08 Å². The fourth-order valence-electron chi connectivity index (χ4n) is 5.58. The van der Waals surface area contributed by atoms with E-state index in [1.807, 2.05) is 0 Å². The van der Waals surface area contributed by atoms with Gasteiger partial charge in [0.1, 0.15) is 0 Å². The van der Waals surface area contributed by atoms with Crippen molar-refractivity contribution in [2.45, 2.75) is 117 Å². The van der Waals surface area contributed by atoms with Gasteiger partial charge in [-0.15, -0.1) is 0 Å². The van der Waals surface area contributed by atoms with Crippen LogP contribution in [-0.2, 0) is 6.42 Å². The maximum Gasteiger partial charge on any atom is 0.0249 e. The van der Waals surface area contributed by atoms with E-state index in [1.165, 1.54) is 107 Å². The van der Waals surface area contributed by atoms with Gasteiger partial charge in [0.25, 0.3) is 0 Å². The van der Waals surface area contributed by atoms with Gasteiger partial charge in [-0.2, -0.15) is 0 Å². The number of hydrogen-bond acceptors (Lipinski definition) is 0. The Balaban J connectivity index is 1.29. The molecule has 0 N–H and O–H groups in total. The lowest BCUT2D eigenvalue weighted by atomic mass is 9.77. The molecule has 36 heavy (non-hydrogen) atoms. The highest BCUT2D eigenvalue weighted by molar-refractivity contribution is 5.52. The van der Waals surface area contributed by atoms with Gasteiger partial charge in [-0.25, -0.2) is 0 Å². The molecule has 0 nitrogen and oxygen atoms in total. The molecule has 0 radical (unpaired) electrons. The fraction of sp³-hybridized carbons (Fsp3) is 0.556. The zero-order chi connectivity index (χ0) is 25.3. The van der Waals surface area contributed by atoms with E-state index in [0.29, 0.717) is 0 Å². The fourth-order valence-corrected chi connectivity index (χ4v) is 5.58. The van der Waals surface area contributed by atoms with Gasteiger partial charge in [0.2, 0.25) is 0 Å². The quantitative estimate of drug-likeness (QED) is 0.185. The molecule has 0 heteroatoms. The Morgan fingerprint density at radius 2 is 1.17 bits per heavy atom. The minimum Gasteiger partial charge on any atom is -0.0842 e. The monoisotopic (exact) mass is 482 g/mol. The van der Waals surface area contributed by atoms with Crippen LogP contribution in [0.15, 0.2) is 54.6 Å². The van der Waals surface area contributed by atoms with Crippen LogP contribution in [-0.4, -0.2) is 0 Å². The topological polar surface area (TPSA) is 0 Å². The molecular weight excluding hydrogens is 432 g/mol. The van der Waals surface area contributed by atoms with Gasteiger partial charge in [0.15, 0.2) is 0 Å². The summed E-state index contributed by atoms with van der Waals surface area (Å²) >= 11 is 0. The van der Waals surface area contributed by atoms with Crippen LogP contribution in [0, 0.1) is 23.7 Å². The Morgan fingerprint density at radius 3 is 1.75 bits per heavy atom. The van der Waals surface area contributed by atoms with E-state index >= 15 is 0 Å². The summed E-state index contributed by atoms with van der Waals surface area (Å²) in [5, 5.41) is 0. The van der Waals surface area contributed by atoms with E-state index in [0.717, 1.165) is 29.4 Å². The van der Waals surface area contributed by atoms with Crippen molar-refractivity contribution in [3.63, 3.8) is 0 Å². The molecule has 1 aliphatic rings. The maximum atomic E-state index is 3.33. The largest absolute Gasteiger partial charge is 0.0842 e. The molecular formula is C36H50. The van der Waals surface area contributed by atoms with Gasteiger partial charge in [-0.1, -0.05) is 146 Å². The highest BCUT2D eigenvalue weighted by Crippen LogP contribution is 2.34. The van der Waals surface area contributed by atoms with Gasteiger partial charge >= 0.3 is 0 Å². The average Bonchev–Trinajstić information content (AvgIpc) is 2.93. The van der Waals surface area contributed by atoms with E-state index in [2.05, 4.69) is 86.4 Å². The summed E-state index contributed by atoms with van der Waals surface area (Å²) in [6, 6.07) is 17.5. The van der Waals surface area contributed by atoms with Crippen LogP contribution in [0.4, 0.5) is 0 Å². The molecule has 0 bridgehead atoms. The first-order valence-electron chi connectivity index (χ1n) is 15.1. The molecule has 194 valence electrons. The standard InChI is InChI=1S/C36H50/c1-3-5-7-8-9-10-11-12-14-32-17-21-34(22-18-32)24-26-36-29-27-35(28-30-36)25-23-33-19-15-31(16-20-33)13-6-4-2/h6,13,15-16,19-20,27-30,32,34H,3-5,7-12,14,17-18,21-22,24,26H2,1-2H3/b13-6+. The molecule has 1 aliphatic carbocycles. The number of hydrogen-bond donors (Lipinski definition) is 0. The average molecular weight is 483 g/mol.